The van der Waals surface area contributed by atoms with Crippen molar-refractivity contribution in [1.29, 1.82) is 0 Å². The standard InChI is InChI=1S/C10H19N3O/c1-12-6-3-2-4-9(12)8-13-7-5-11-10(13)14/h9H,2-8H2,1H3,(H,11,14). The van der Waals surface area contributed by atoms with E-state index in [1.165, 1.54) is 25.8 Å². The second-order valence-corrected chi connectivity index (χ2v) is 4.31. The molecular formula is C10H19N3O. The van der Waals surface area contributed by atoms with Crippen molar-refractivity contribution in [2.75, 3.05) is 33.2 Å². The number of amides is 2. The highest BCUT2D eigenvalue weighted by molar-refractivity contribution is 5.76. The molecule has 0 aromatic rings. The van der Waals surface area contributed by atoms with Gasteiger partial charge in [0, 0.05) is 25.7 Å². The van der Waals surface area contributed by atoms with Crippen molar-refractivity contribution in [3.63, 3.8) is 0 Å². The fourth-order valence-corrected chi connectivity index (χ4v) is 2.31. The van der Waals surface area contributed by atoms with Gasteiger partial charge in [0.25, 0.3) is 0 Å². The van der Waals surface area contributed by atoms with Crippen LogP contribution in [-0.4, -0.2) is 55.1 Å². The molecule has 1 N–H and O–H groups in total. The number of likely N-dealkylation sites (N-methyl/N-ethyl adjacent to an activating group) is 1. The smallest absolute Gasteiger partial charge is 0.317 e. The lowest BCUT2D eigenvalue weighted by Gasteiger charge is -2.34. The molecule has 0 aliphatic carbocycles. The van der Waals surface area contributed by atoms with E-state index in [-0.39, 0.29) is 6.03 Å². The van der Waals surface area contributed by atoms with Gasteiger partial charge in [0.2, 0.25) is 0 Å². The third-order valence-corrected chi connectivity index (χ3v) is 3.30. The fraction of sp³-hybridized carbons (Fsp3) is 0.900. The Labute approximate surface area is 85.2 Å². The number of nitrogens with zero attached hydrogens (tertiary/aromatic N) is 2. The molecule has 2 aliphatic heterocycles. The Hall–Kier alpha value is -0.770. The maximum Gasteiger partial charge on any atom is 0.317 e. The Bertz CT molecular complexity index is 219. The summed E-state index contributed by atoms with van der Waals surface area (Å²) in [7, 11) is 2.16. The molecule has 0 saturated carbocycles. The molecule has 0 radical (unpaired) electrons. The van der Waals surface area contributed by atoms with Gasteiger partial charge in [-0.3, -0.25) is 0 Å². The number of hydrogen-bond acceptors (Lipinski definition) is 2. The van der Waals surface area contributed by atoms with Crippen LogP contribution < -0.4 is 5.32 Å². The largest absolute Gasteiger partial charge is 0.336 e. The summed E-state index contributed by atoms with van der Waals surface area (Å²) < 4.78 is 0. The maximum atomic E-state index is 11.4. The summed E-state index contributed by atoms with van der Waals surface area (Å²) in [5.74, 6) is 0. The molecule has 80 valence electrons. The van der Waals surface area contributed by atoms with Gasteiger partial charge in [0.05, 0.1) is 0 Å². The topological polar surface area (TPSA) is 35.6 Å². The highest BCUT2D eigenvalue weighted by Gasteiger charge is 2.26. The van der Waals surface area contributed by atoms with Crippen LogP contribution in [0.5, 0.6) is 0 Å². The van der Waals surface area contributed by atoms with Crippen LogP contribution in [0.1, 0.15) is 19.3 Å². The van der Waals surface area contributed by atoms with E-state index >= 15 is 0 Å². The lowest BCUT2D eigenvalue weighted by Crippen LogP contribution is -2.45. The van der Waals surface area contributed by atoms with Crippen molar-refractivity contribution in [2.24, 2.45) is 0 Å². The Balaban J connectivity index is 1.86. The van der Waals surface area contributed by atoms with Crippen LogP contribution in [0.15, 0.2) is 0 Å². The quantitative estimate of drug-likeness (QED) is 0.699. The molecule has 0 aromatic carbocycles. The van der Waals surface area contributed by atoms with Gasteiger partial charge in [-0.25, -0.2) is 4.79 Å². The second-order valence-electron chi connectivity index (χ2n) is 4.31. The molecule has 0 spiro atoms. The van der Waals surface area contributed by atoms with Crippen molar-refractivity contribution >= 4 is 6.03 Å². The average Bonchev–Trinajstić information content (AvgIpc) is 2.56. The third-order valence-electron chi connectivity index (χ3n) is 3.30. The summed E-state index contributed by atoms with van der Waals surface area (Å²) in [6, 6.07) is 0.691. The van der Waals surface area contributed by atoms with Crippen LogP contribution >= 0.6 is 0 Å². The second kappa shape index (κ2) is 4.17. The zero-order chi connectivity index (χ0) is 9.97. The highest BCUT2D eigenvalue weighted by Crippen LogP contribution is 2.16. The van der Waals surface area contributed by atoms with Crippen LogP contribution in [-0.2, 0) is 0 Å². The lowest BCUT2D eigenvalue weighted by molar-refractivity contribution is 0.145. The Morgan fingerprint density at radius 3 is 2.93 bits per heavy atom. The molecule has 2 amide bonds. The minimum absolute atomic E-state index is 0.115. The van der Waals surface area contributed by atoms with Gasteiger partial charge in [-0.15, -0.1) is 0 Å². The summed E-state index contributed by atoms with van der Waals surface area (Å²) in [6.07, 6.45) is 3.85. The maximum absolute atomic E-state index is 11.4. The molecule has 2 aliphatic rings. The first kappa shape index (κ1) is 9.77. The molecule has 2 rings (SSSR count). The summed E-state index contributed by atoms with van der Waals surface area (Å²) in [5.41, 5.74) is 0. The van der Waals surface area contributed by atoms with Crippen LogP contribution in [0.4, 0.5) is 4.79 Å². The first-order valence-corrected chi connectivity index (χ1v) is 5.50. The van der Waals surface area contributed by atoms with Gasteiger partial charge in [-0.05, 0) is 26.4 Å². The van der Waals surface area contributed by atoms with E-state index in [4.69, 9.17) is 0 Å². The summed E-state index contributed by atoms with van der Waals surface area (Å²) >= 11 is 0. The number of urea groups is 1. The number of rotatable bonds is 2. The fourth-order valence-electron chi connectivity index (χ4n) is 2.31. The molecule has 4 heteroatoms. The molecule has 4 nitrogen and oxygen atoms in total. The van der Waals surface area contributed by atoms with Gasteiger partial charge in [0.1, 0.15) is 0 Å². The van der Waals surface area contributed by atoms with Crippen molar-refractivity contribution in [1.82, 2.24) is 15.1 Å². The van der Waals surface area contributed by atoms with Crippen LogP contribution in [0.2, 0.25) is 0 Å². The summed E-state index contributed by atoms with van der Waals surface area (Å²) in [6.45, 7) is 3.78. The minimum atomic E-state index is 0.115. The van der Waals surface area contributed by atoms with E-state index in [1.54, 1.807) is 0 Å². The Morgan fingerprint density at radius 1 is 1.43 bits per heavy atom. The van der Waals surface area contributed by atoms with Gasteiger partial charge in [-0.1, -0.05) is 6.42 Å². The van der Waals surface area contributed by atoms with Gasteiger partial charge < -0.3 is 15.1 Å². The number of carbonyl (C=O) groups excluding carboxylic acids is 1. The van der Waals surface area contributed by atoms with Crippen molar-refractivity contribution < 1.29 is 4.79 Å². The van der Waals surface area contributed by atoms with Crippen molar-refractivity contribution in [3.8, 4) is 0 Å². The van der Waals surface area contributed by atoms with Crippen LogP contribution in [0, 0.1) is 0 Å². The Morgan fingerprint density at radius 2 is 2.29 bits per heavy atom. The number of likely N-dealkylation sites (tertiary alicyclic amines) is 1. The van der Waals surface area contributed by atoms with E-state index in [0.717, 1.165) is 19.6 Å². The Kier molecular flexibility index (Phi) is 2.91. The predicted molar refractivity (Wildman–Crippen MR) is 55.2 cm³/mol. The number of hydrogen-bond donors (Lipinski definition) is 1. The lowest BCUT2D eigenvalue weighted by atomic mass is 10.0. The van der Waals surface area contributed by atoms with Crippen molar-refractivity contribution in [2.45, 2.75) is 25.3 Å². The normalized spacial score (nSPS) is 29.4. The minimum Gasteiger partial charge on any atom is -0.336 e. The van der Waals surface area contributed by atoms with Gasteiger partial charge in [0.15, 0.2) is 0 Å². The van der Waals surface area contributed by atoms with E-state index in [1.807, 2.05) is 4.90 Å². The van der Waals surface area contributed by atoms with E-state index in [0.29, 0.717) is 6.04 Å². The molecular weight excluding hydrogens is 178 g/mol. The predicted octanol–water partition coefficient (Wildman–Crippen LogP) is 0.496. The monoisotopic (exact) mass is 197 g/mol. The van der Waals surface area contributed by atoms with Crippen LogP contribution in [0.3, 0.4) is 0 Å². The molecule has 1 atom stereocenters. The van der Waals surface area contributed by atoms with E-state index in [9.17, 15) is 4.79 Å². The van der Waals surface area contributed by atoms with Crippen molar-refractivity contribution in [3.05, 3.63) is 0 Å². The molecule has 2 fully saturated rings. The molecule has 0 bridgehead atoms. The average molecular weight is 197 g/mol. The first-order chi connectivity index (χ1) is 6.77. The third kappa shape index (κ3) is 2.00. The summed E-state index contributed by atoms with van der Waals surface area (Å²) in [4.78, 5) is 15.7. The molecule has 2 heterocycles. The zero-order valence-electron chi connectivity index (χ0n) is 8.83. The molecule has 0 aromatic heterocycles. The highest BCUT2D eigenvalue weighted by atomic mass is 16.2. The molecule has 1 unspecified atom stereocenters. The number of nitrogens with one attached hydrogen (secondary N) is 1. The van der Waals surface area contributed by atoms with Gasteiger partial charge >= 0.3 is 6.03 Å². The SMILES string of the molecule is CN1CCCCC1CN1CCNC1=O. The first-order valence-electron chi connectivity index (χ1n) is 5.50. The van der Waals surface area contributed by atoms with Crippen LogP contribution in [0.25, 0.3) is 0 Å². The molecule has 14 heavy (non-hydrogen) atoms. The van der Waals surface area contributed by atoms with E-state index < -0.39 is 0 Å². The van der Waals surface area contributed by atoms with E-state index in [2.05, 4.69) is 17.3 Å². The zero-order valence-corrected chi connectivity index (χ0v) is 8.83. The molecule has 2 saturated heterocycles. The number of carbonyl (C=O) groups is 1. The van der Waals surface area contributed by atoms with Gasteiger partial charge in [-0.2, -0.15) is 0 Å². The summed E-state index contributed by atoms with van der Waals surface area (Å²) in [5, 5.41) is 2.84. The number of piperidine rings is 1.